The largest absolute Gasteiger partial charge is 0.493 e. The van der Waals surface area contributed by atoms with Crippen molar-refractivity contribution in [3.05, 3.63) is 27.7 Å². The van der Waals surface area contributed by atoms with Crippen LogP contribution in [-0.4, -0.2) is 18.2 Å². The van der Waals surface area contributed by atoms with Crippen LogP contribution in [0.5, 0.6) is 5.75 Å². The van der Waals surface area contributed by atoms with Gasteiger partial charge >= 0.3 is 5.97 Å². The first-order chi connectivity index (χ1) is 9.11. The summed E-state index contributed by atoms with van der Waals surface area (Å²) in [5.74, 6) is 0.822. The Morgan fingerprint density at radius 2 is 1.90 bits per heavy atom. The van der Waals surface area contributed by atoms with Gasteiger partial charge in [0.25, 0.3) is 0 Å². The molecule has 0 saturated carbocycles. The maximum absolute atomic E-state index is 12.3. The number of ether oxygens (including phenoxy) is 2. The SMILES string of the molecule is Cc1c(OCC(C)C)ccc(Br)c1C(=O)OC(C)(C)C. The van der Waals surface area contributed by atoms with Crippen molar-refractivity contribution >= 4 is 21.9 Å². The number of esters is 1. The van der Waals surface area contributed by atoms with Gasteiger partial charge in [0.05, 0.1) is 12.2 Å². The smallest absolute Gasteiger partial charge is 0.340 e. The van der Waals surface area contributed by atoms with Crippen LogP contribution in [0.3, 0.4) is 0 Å². The van der Waals surface area contributed by atoms with Crippen molar-refractivity contribution in [1.29, 1.82) is 0 Å². The molecule has 1 rings (SSSR count). The van der Waals surface area contributed by atoms with Crippen LogP contribution in [0.2, 0.25) is 0 Å². The van der Waals surface area contributed by atoms with Gasteiger partial charge in [-0.3, -0.25) is 0 Å². The molecule has 1 aromatic carbocycles. The Balaban J connectivity index is 3.06. The van der Waals surface area contributed by atoms with E-state index in [0.717, 1.165) is 15.8 Å². The first-order valence-electron chi connectivity index (χ1n) is 6.77. The van der Waals surface area contributed by atoms with Gasteiger partial charge in [-0.15, -0.1) is 0 Å². The molecule has 0 fully saturated rings. The van der Waals surface area contributed by atoms with Crippen molar-refractivity contribution in [3.63, 3.8) is 0 Å². The fourth-order valence-corrected chi connectivity index (χ4v) is 2.24. The van der Waals surface area contributed by atoms with E-state index >= 15 is 0 Å². The lowest BCUT2D eigenvalue weighted by Gasteiger charge is -2.21. The lowest BCUT2D eigenvalue weighted by Crippen LogP contribution is -2.24. The molecule has 1 aromatic rings. The van der Waals surface area contributed by atoms with Crippen LogP contribution in [-0.2, 0) is 4.74 Å². The Hall–Kier alpha value is -1.03. The van der Waals surface area contributed by atoms with Gasteiger partial charge in [0, 0.05) is 10.0 Å². The standard InChI is InChI=1S/C16H23BrO3/c1-10(2)9-19-13-8-7-12(17)14(11(13)3)15(18)20-16(4,5)6/h7-8,10H,9H2,1-6H3. The summed E-state index contributed by atoms with van der Waals surface area (Å²) in [6.07, 6.45) is 0. The summed E-state index contributed by atoms with van der Waals surface area (Å²) in [4.78, 5) is 12.3. The van der Waals surface area contributed by atoms with Crippen LogP contribution in [0.4, 0.5) is 0 Å². The minimum atomic E-state index is -0.516. The molecule has 0 amide bonds. The molecule has 0 atom stereocenters. The number of carbonyl (C=O) groups excluding carboxylic acids is 1. The van der Waals surface area contributed by atoms with Gasteiger partial charge in [0.2, 0.25) is 0 Å². The second-order valence-electron chi connectivity index (χ2n) is 6.25. The zero-order valence-corrected chi connectivity index (χ0v) is 14.6. The summed E-state index contributed by atoms with van der Waals surface area (Å²) in [6.45, 7) is 12.2. The molecule has 0 aromatic heterocycles. The van der Waals surface area contributed by atoms with Crippen LogP contribution in [0.15, 0.2) is 16.6 Å². The van der Waals surface area contributed by atoms with E-state index < -0.39 is 5.60 Å². The first kappa shape index (κ1) is 17.0. The second-order valence-corrected chi connectivity index (χ2v) is 7.11. The molecule has 112 valence electrons. The summed E-state index contributed by atoms with van der Waals surface area (Å²) in [6, 6.07) is 3.69. The summed E-state index contributed by atoms with van der Waals surface area (Å²) in [5, 5.41) is 0. The van der Waals surface area contributed by atoms with E-state index in [9.17, 15) is 4.79 Å². The molecular formula is C16H23BrO3. The van der Waals surface area contributed by atoms with Gasteiger partial charge in [0.15, 0.2) is 0 Å². The maximum atomic E-state index is 12.3. The average molecular weight is 343 g/mol. The lowest BCUT2D eigenvalue weighted by molar-refractivity contribution is 0.00672. The quantitative estimate of drug-likeness (QED) is 0.740. The highest BCUT2D eigenvalue weighted by atomic mass is 79.9. The molecule has 0 bridgehead atoms. The Morgan fingerprint density at radius 3 is 2.40 bits per heavy atom. The second kappa shape index (κ2) is 6.61. The third-order valence-corrected chi connectivity index (χ3v) is 3.20. The van der Waals surface area contributed by atoms with Crippen LogP contribution in [0.1, 0.15) is 50.5 Å². The predicted octanol–water partition coefficient (Wildman–Crippen LogP) is 4.75. The highest BCUT2D eigenvalue weighted by Gasteiger charge is 2.23. The molecule has 20 heavy (non-hydrogen) atoms. The molecule has 0 unspecified atom stereocenters. The van der Waals surface area contributed by atoms with Gasteiger partial charge in [0.1, 0.15) is 11.4 Å². The normalized spacial score (nSPS) is 11.6. The van der Waals surface area contributed by atoms with E-state index in [4.69, 9.17) is 9.47 Å². The fraction of sp³-hybridized carbons (Fsp3) is 0.562. The zero-order chi connectivity index (χ0) is 15.5. The summed E-state index contributed by atoms with van der Waals surface area (Å²) >= 11 is 3.41. The number of hydrogen-bond donors (Lipinski definition) is 0. The van der Waals surface area contributed by atoms with Gasteiger partial charge in [-0.2, -0.15) is 0 Å². The molecule has 0 heterocycles. The van der Waals surface area contributed by atoms with Crippen molar-refractivity contribution in [3.8, 4) is 5.75 Å². The van der Waals surface area contributed by atoms with Crippen molar-refractivity contribution in [1.82, 2.24) is 0 Å². The topological polar surface area (TPSA) is 35.5 Å². The third-order valence-electron chi connectivity index (χ3n) is 2.54. The molecule has 0 spiro atoms. The van der Waals surface area contributed by atoms with E-state index in [1.165, 1.54) is 0 Å². The molecule has 3 nitrogen and oxygen atoms in total. The molecule has 0 aliphatic rings. The third kappa shape index (κ3) is 4.82. The number of carbonyl (C=O) groups is 1. The molecule has 4 heteroatoms. The van der Waals surface area contributed by atoms with Crippen LogP contribution in [0.25, 0.3) is 0 Å². The predicted molar refractivity (Wildman–Crippen MR) is 84.4 cm³/mol. The number of benzene rings is 1. The van der Waals surface area contributed by atoms with Gasteiger partial charge < -0.3 is 9.47 Å². The van der Waals surface area contributed by atoms with E-state index in [0.29, 0.717) is 18.1 Å². The highest BCUT2D eigenvalue weighted by molar-refractivity contribution is 9.10. The fourth-order valence-electron chi connectivity index (χ4n) is 1.65. The molecule has 0 aliphatic carbocycles. The lowest BCUT2D eigenvalue weighted by atomic mass is 10.1. The Bertz CT molecular complexity index is 487. The van der Waals surface area contributed by atoms with E-state index in [1.54, 1.807) is 0 Å². The van der Waals surface area contributed by atoms with E-state index in [-0.39, 0.29) is 5.97 Å². The van der Waals surface area contributed by atoms with Crippen molar-refractivity contribution < 1.29 is 14.3 Å². The summed E-state index contributed by atoms with van der Waals surface area (Å²) in [5.41, 5.74) is 0.813. The number of rotatable bonds is 4. The number of halogens is 1. The van der Waals surface area contributed by atoms with Crippen molar-refractivity contribution in [2.24, 2.45) is 5.92 Å². The summed E-state index contributed by atoms with van der Waals surface area (Å²) < 4.78 is 11.9. The minimum absolute atomic E-state index is 0.336. The molecular weight excluding hydrogens is 320 g/mol. The monoisotopic (exact) mass is 342 g/mol. The summed E-state index contributed by atoms with van der Waals surface area (Å²) in [7, 11) is 0. The van der Waals surface area contributed by atoms with Crippen molar-refractivity contribution in [2.75, 3.05) is 6.61 Å². The Morgan fingerprint density at radius 1 is 1.30 bits per heavy atom. The van der Waals surface area contributed by atoms with Gasteiger partial charge in [-0.25, -0.2) is 4.79 Å². The van der Waals surface area contributed by atoms with Gasteiger partial charge in [-0.1, -0.05) is 13.8 Å². The first-order valence-corrected chi connectivity index (χ1v) is 7.56. The Kier molecular flexibility index (Phi) is 5.63. The van der Waals surface area contributed by atoms with E-state index in [2.05, 4.69) is 29.8 Å². The minimum Gasteiger partial charge on any atom is -0.493 e. The highest BCUT2D eigenvalue weighted by Crippen LogP contribution is 2.30. The Labute approximate surface area is 129 Å². The van der Waals surface area contributed by atoms with Crippen molar-refractivity contribution in [2.45, 2.75) is 47.1 Å². The molecule has 0 aliphatic heterocycles. The van der Waals surface area contributed by atoms with Crippen LogP contribution in [0, 0.1) is 12.8 Å². The van der Waals surface area contributed by atoms with Crippen LogP contribution >= 0.6 is 15.9 Å². The maximum Gasteiger partial charge on any atom is 0.340 e. The van der Waals surface area contributed by atoms with Crippen LogP contribution < -0.4 is 4.74 Å². The molecule has 0 N–H and O–H groups in total. The molecule has 0 saturated heterocycles. The zero-order valence-electron chi connectivity index (χ0n) is 13.0. The number of hydrogen-bond acceptors (Lipinski definition) is 3. The van der Waals surface area contributed by atoms with E-state index in [1.807, 2.05) is 39.8 Å². The molecule has 0 radical (unpaired) electrons. The average Bonchev–Trinajstić information content (AvgIpc) is 2.25. The van der Waals surface area contributed by atoms with Gasteiger partial charge in [-0.05, 0) is 61.7 Å².